The van der Waals surface area contributed by atoms with Gasteiger partial charge in [-0.1, -0.05) is 13.8 Å². The SMILES string of the molecule is CCC1(CC)NC(=O)N(CCOc2ccc(F)cc2)C1=O. The van der Waals surface area contributed by atoms with Gasteiger partial charge in [0, 0.05) is 0 Å². The minimum Gasteiger partial charge on any atom is -0.492 e. The van der Waals surface area contributed by atoms with Gasteiger partial charge in [0.1, 0.15) is 23.7 Å². The minimum absolute atomic E-state index is 0.170. The number of imide groups is 1. The van der Waals surface area contributed by atoms with Crippen LogP contribution in [0.4, 0.5) is 9.18 Å². The van der Waals surface area contributed by atoms with Crippen LogP contribution in [0, 0.1) is 5.82 Å². The number of amides is 3. The zero-order valence-electron chi connectivity index (χ0n) is 12.2. The minimum atomic E-state index is -0.785. The summed E-state index contributed by atoms with van der Waals surface area (Å²) in [5.74, 6) is -0.0481. The molecule has 0 atom stereocenters. The monoisotopic (exact) mass is 294 g/mol. The molecule has 3 amide bonds. The number of carbonyl (C=O) groups is 2. The third kappa shape index (κ3) is 2.99. The number of nitrogens with one attached hydrogen (secondary N) is 1. The van der Waals surface area contributed by atoms with Crippen molar-refractivity contribution in [3.8, 4) is 5.75 Å². The Hall–Kier alpha value is -2.11. The van der Waals surface area contributed by atoms with Crippen LogP contribution in [0.5, 0.6) is 5.75 Å². The van der Waals surface area contributed by atoms with Crippen LogP contribution in [0.3, 0.4) is 0 Å². The fraction of sp³-hybridized carbons (Fsp3) is 0.467. The Kier molecular flexibility index (Phi) is 4.45. The summed E-state index contributed by atoms with van der Waals surface area (Å²) in [5.41, 5.74) is -0.785. The summed E-state index contributed by atoms with van der Waals surface area (Å²) < 4.78 is 18.2. The molecule has 1 saturated heterocycles. The molecule has 0 unspecified atom stereocenters. The molecule has 1 heterocycles. The van der Waals surface area contributed by atoms with Crippen LogP contribution in [0.25, 0.3) is 0 Å². The first-order valence-electron chi connectivity index (χ1n) is 7.05. The Balaban J connectivity index is 1.93. The Morgan fingerprint density at radius 2 is 1.81 bits per heavy atom. The molecule has 2 rings (SSSR count). The van der Waals surface area contributed by atoms with Crippen molar-refractivity contribution in [1.82, 2.24) is 10.2 Å². The Labute approximate surface area is 123 Å². The predicted molar refractivity (Wildman–Crippen MR) is 75.5 cm³/mol. The summed E-state index contributed by atoms with van der Waals surface area (Å²) >= 11 is 0. The first-order valence-corrected chi connectivity index (χ1v) is 7.05. The Morgan fingerprint density at radius 1 is 1.19 bits per heavy atom. The van der Waals surface area contributed by atoms with Crippen LogP contribution in [0.2, 0.25) is 0 Å². The summed E-state index contributed by atoms with van der Waals surface area (Å²) in [6.45, 7) is 4.10. The molecular weight excluding hydrogens is 275 g/mol. The molecule has 1 N–H and O–H groups in total. The summed E-state index contributed by atoms with van der Waals surface area (Å²) in [6, 6.07) is 5.21. The second-order valence-corrected chi connectivity index (χ2v) is 4.98. The summed E-state index contributed by atoms with van der Waals surface area (Å²) in [7, 11) is 0. The molecule has 1 aromatic rings. The maximum absolute atomic E-state index is 12.8. The van der Waals surface area contributed by atoms with Crippen molar-refractivity contribution in [2.45, 2.75) is 32.2 Å². The van der Waals surface area contributed by atoms with Crippen LogP contribution in [-0.2, 0) is 4.79 Å². The highest BCUT2D eigenvalue weighted by Gasteiger charge is 2.48. The lowest BCUT2D eigenvalue weighted by Gasteiger charge is -2.23. The molecule has 0 bridgehead atoms. The quantitative estimate of drug-likeness (QED) is 0.819. The smallest absolute Gasteiger partial charge is 0.325 e. The molecule has 6 heteroatoms. The molecule has 1 aromatic carbocycles. The van der Waals surface area contributed by atoms with E-state index in [4.69, 9.17) is 4.74 Å². The second kappa shape index (κ2) is 6.11. The maximum atomic E-state index is 12.8. The molecule has 114 valence electrons. The first kappa shape index (κ1) is 15.3. The van der Waals surface area contributed by atoms with Gasteiger partial charge in [0.25, 0.3) is 5.91 Å². The molecule has 1 aliphatic rings. The summed E-state index contributed by atoms with van der Waals surface area (Å²) in [4.78, 5) is 25.4. The van der Waals surface area contributed by atoms with E-state index in [1.807, 2.05) is 13.8 Å². The largest absolute Gasteiger partial charge is 0.492 e. The van der Waals surface area contributed by atoms with Crippen molar-refractivity contribution in [2.75, 3.05) is 13.2 Å². The van der Waals surface area contributed by atoms with Crippen LogP contribution in [-0.4, -0.2) is 35.5 Å². The fourth-order valence-electron chi connectivity index (χ4n) is 2.39. The number of hydrogen-bond acceptors (Lipinski definition) is 3. The van der Waals surface area contributed by atoms with E-state index in [9.17, 15) is 14.0 Å². The van der Waals surface area contributed by atoms with Gasteiger partial charge in [-0.15, -0.1) is 0 Å². The van der Waals surface area contributed by atoms with Crippen molar-refractivity contribution in [3.63, 3.8) is 0 Å². The van der Waals surface area contributed by atoms with Crippen molar-refractivity contribution in [2.24, 2.45) is 0 Å². The molecule has 0 spiro atoms. The average molecular weight is 294 g/mol. The molecule has 0 aromatic heterocycles. The standard InChI is InChI=1S/C15H19FN2O3/c1-3-15(4-2)13(19)18(14(20)17-15)9-10-21-12-7-5-11(16)6-8-12/h5-8H,3-4,9-10H2,1-2H3,(H,17,20). The molecule has 0 aliphatic carbocycles. The van der Waals surface area contributed by atoms with Crippen LogP contribution < -0.4 is 10.1 Å². The van der Waals surface area contributed by atoms with E-state index in [1.54, 1.807) is 0 Å². The summed E-state index contributed by atoms with van der Waals surface area (Å²) in [5, 5.41) is 2.76. The number of carbonyl (C=O) groups excluding carboxylic acids is 2. The van der Waals surface area contributed by atoms with Crippen molar-refractivity contribution in [1.29, 1.82) is 0 Å². The van der Waals surface area contributed by atoms with Gasteiger partial charge in [0.2, 0.25) is 0 Å². The average Bonchev–Trinajstić information content (AvgIpc) is 2.73. The number of hydrogen-bond donors (Lipinski definition) is 1. The van der Waals surface area contributed by atoms with E-state index in [-0.39, 0.29) is 30.9 Å². The highest BCUT2D eigenvalue weighted by Crippen LogP contribution is 2.24. The Morgan fingerprint density at radius 3 is 2.33 bits per heavy atom. The van der Waals surface area contributed by atoms with Crippen molar-refractivity contribution < 1.29 is 18.7 Å². The molecule has 21 heavy (non-hydrogen) atoms. The van der Waals surface area contributed by atoms with Gasteiger partial charge < -0.3 is 10.1 Å². The van der Waals surface area contributed by atoms with Crippen molar-refractivity contribution >= 4 is 11.9 Å². The Bertz CT molecular complexity index is 526. The lowest BCUT2D eigenvalue weighted by Crippen LogP contribution is -2.46. The molecular formula is C15H19FN2O3. The molecule has 0 radical (unpaired) electrons. The van der Waals surface area contributed by atoms with Gasteiger partial charge in [0.05, 0.1) is 6.54 Å². The van der Waals surface area contributed by atoms with Gasteiger partial charge in [-0.3, -0.25) is 9.69 Å². The van der Waals surface area contributed by atoms with E-state index >= 15 is 0 Å². The van der Waals surface area contributed by atoms with Gasteiger partial charge in [-0.05, 0) is 37.1 Å². The van der Waals surface area contributed by atoms with Gasteiger partial charge in [-0.25, -0.2) is 9.18 Å². The van der Waals surface area contributed by atoms with Gasteiger partial charge >= 0.3 is 6.03 Å². The third-order valence-electron chi connectivity index (χ3n) is 3.85. The second-order valence-electron chi connectivity index (χ2n) is 4.98. The number of ether oxygens (including phenoxy) is 1. The fourth-order valence-corrected chi connectivity index (χ4v) is 2.39. The lowest BCUT2D eigenvalue weighted by atomic mass is 9.93. The third-order valence-corrected chi connectivity index (χ3v) is 3.85. The van der Waals surface area contributed by atoms with Crippen LogP contribution in [0.15, 0.2) is 24.3 Å². The molecule has 1 fully saturated rings. The van der Waals surface area contributed by atoms with E-state index in [2.05, 4.69) is 5.32 Å². The number of benzene rings is 1. The first-order chi connectivity index (χ1) is 10.0. The van der Waals surface area contributed by atoms with Gasteiger partial charge in [-0.2, -0.15) is 0 Å². The normalized spacial score (nSPS) is 17.0. The van der Waals surface area contributed by atoms with E-state index in [0.29, 0.717) is 18.6 Å². The van der Waals surface area contributed by atoms with E-state index in [1.165, 1.54) is 29.2 Å². The van der Waals surface area contributed by atoms with Crippen LogP contribution >= 0.6 is 0 Å². The topological polar surface area (TPSA) is 58.6 Å². The number of rotatable bonds is 6. The zero-order valence-corrected chi connectivity index (χ0v) is 12.2. The molecule has 0 saturated carbocycles. The van der Waals surface area contributed by atoms with Crippen molar-refractivity contribution in [3.05, 3.63) is 30.1 Å². The number of nitrogens with zero attached hydrogens (tertiary/aromatic N) is 1. The lowest BCUT2D eigenvalue weighted by molar-refractivity contribution is -0.131. The molecule has 5 nitrogen and oxygen atoms in total. The van der Waals surface area contributed by atoms with E-state index in [0.717, 1.165) is 0 Å². The van der Waals surface area contributed by atoms with Gasteiger partial charge in [0.15, 0.2) is 0 Å². The predicted octanol–water partition coefficient (Wildman–Crippen LogP) is 2.32. The molecule has 1 aliphatic heterocycles. The highest BCUT2D eigenvalue weighted by atomic mass is 19.1. The number of halogens is 1. The van der Waals surface area contributed by atoms with E-state index < -0.39 is 5.54 Å². The number of urea groups is 1. The van der Waals surface area contributed by atoms with Crippen LogP contribution in [0.1, 0.15) is 26.7 Å². The maximum Gasteiger partial charge on any atom is 0.325 e. The zero-order chi connectivity index (χ0) is 15.5. The summed E-state index contributed by atoms with van der Waals surface area (Å²) in [6.07, 6.45) is 1.12. The highest BCUT2D eigenvalue weighted by molar-refractivity contribution is 6.06.